The van der Waals surface area contributed by atoms with E-state index in [9.17, 15) is 23.7 Å². The van der Waals surface area contributed by atoms with Gasteiger partial charge in [0.15, 0.2) is 0 Å². The monoisotopic (exact) mass is 394 g/mol. The lowest BCUT2D eigenvalue weighted by Gasteiger charge is -2.36. The molecule has 2 heterocycles. The number of nitro benzene ring substituents is 1. The van der Waals surface area contributed by atoms with Gasteiger partial charge in [0.25, 0.3) is 17.4 Å². The SMILES string of the molecule is O=C(c1cccnc1SC(F)F)N1CCN(c2ccc([N+](=O)[O-])cc2)CC1. The number of pyridine rings is 1. The molecule has 0 radical (unpaired) electrons. The average Bonchev–Trinajstić information content (AvgIpc) is 2.68. The summed E-state index contributed by atoms with van der Waals surface area (Å²) in [5.41, 5.74) is 1.03. The second kappa shape index (κ2) is 8.30. The smallest absolute Gasteiger partial charge is 0.290 e. The molecular formula is C17H16F2N4O3S. The number of alkyl halides is 2. The number of anilines is 1. The Balaban J connectivity index is 1.65. The second-order valence-corrected chi connectivity index (χ2v) is 6.77. The topological polar surface area (TPSA) is 79.6 Å². The van der Waals surface area contributed by atoms with Crippen molar-refractivity contribution in [1.29, 1.82) is 0 Å². The minimum atomic E-state index is -2.65. The quantitative estimate of drug-likeness (QED) is 0.440. The lowest BCUT2D eigenvalue weighted by Crippen LogP contribution is -2.48. The Bertz CT molecular complexity index is 827. The van der Waals surface area contributed by atoms with Crippen LogP contribution in [-0.2, 0) is 0 Å². The van der Waals surface area contributed by atoms with Gasteiger partial charge >= 0.3 is 0 Å². The molecule has 1 saturated heterocycles. The molecule has 1 aromatic heterocycles. The van der Waals surface area contributed by atoms with Gasteiger partial charge in [0.2, 0.25) is 0 Å². The molecule has 0 bridgehead atoms. The van der Waals surface area contributed by atoms with Crippen LogP contribution in [0.15, 0.2) is 47.6 Å². The number of nitrogens with zero attached hydrogens (tertiary/aromatic N) is 4. The fourth-order valence-electron chi connectivity index (χ4n) is 2.86. The van der Waals surface area contributed by atoms with Gasteiger partial charge in [-0.2, -0.15) is 8.78 Å². The highest BCUT2D eigenvalue weighted by molar-refractivity contribution is 7.99. The van der Waals surface area contributed by atoms with Crippen LogP contribution in [0.3, 0.4) is 0 Å². The Morgan fingerprint density at radius 3 is 2.41 bits per heavy atom. The van der Waals surface area contributed by atoms with E-state index in [-0.39, 0.29) is 33.9 Å². The normalized spacial score (nSPS) is 14.5. The molecule has 0 spiro atoms. The van der Waals surface area contributed by atoms with E-state index < -0.39 is 10.7 Å². The van der Waals surface area contributed by atoms with Crippen LogP contribution in [0.2, 0.25) is 0 Å². The number of amides is 1. The van der Waals surface area contributed by atoms with Gasteiger partial charge in [-0.05, 0) is 36.0 Å². The Kier molecular flexibility index (Phi) is 5.84. The Morgan fingerprint density at radius 1 is 1.15 bits per heavy atom. The van der Waals surface area contributed by atoms with Crippen molar-refractivity contribution in [2.24, 2.45) is 0 Å². The van der Waals surface area contributed by atoms with E-state index in [4.69, 9.17) is 0 Å². The fourth-order valence-corrected chi connectivity index (χ4v) is 3.43. The van der Waals surface area contributed by atoms with Crippen LogP contribution >= 0.6 is 11.8 Å². The van der Waals surface area contributed by atoms with E-state index >= 15 is 0 Å². The van der Waals surface area contributed by atoms with Crippen LogP contribution in [0.25, 0.3) is 0 Å². The van der Waals surface area contributed by atoms with E-state index in [1.165, 1.54) is 24.4 Å². The van der Waals surface area contributed by atoms with E-state index in [2.05, 4.69) is 4.98 Å². The molecular weight excluding hydrogens is 378 g/mol. The van der Waals surface area contributed by atoms with Crippen LogP contribution in [0.1, 0.15) is 10.4 Å². The van der Waals surface area contributed by atoms with Gasteiger partial charge in [-0.1, -0.05) is 0 Å². The zero-order valence-electron chi connectivity index (χ0n) is 14.1. The van der Waals surface area contributed by atoms with Crippen molar-refractivity contribution in [1.82, 2.24) is 9.88 Å². The van der Waals surface area contributed by atoms with Crippen LogP contribution < -0.4 is 4.90 Å². The summed E-state index contributed by atoms with van der Waals surface area (Å²) < 4.78 is 25.3. The molecule has 2 aromatic rings. The minimum Gasteiger partial charge on any atom is -0.368 e. The predicted octanol–water partition coefficient (Wildman–Crippen LogP) is 3.27. The summed E-state index contributed by atoms with van der Waals surface area (Å²) in [6, 6.07) is 9.29. The number of hydrogen-bond donors (Lipinski definition) is 0. The van der Waals surface area contributed by atoms with Crippen molar-refractivity contribution in [2.75, 3.05) is 31.1 Å². The molecule has 1 amide bonds. The summed E-state index contributed by atoms with van der Waals surface area (Å²) in [6.07, 6.45) is 1.38. The summed E-state index contributed by atoms with van der Waals surface area (Å²) in [5, 5.41) is 10.8. The summed E-state index contributed by atoms with van der Waals surface area (Å²) in [5.74, 6) is -2.97. The van der Waals surface area contributed by atoms with Crippen molar-refractivity contribution < 1.29 is 18.5 Å². The second-order valence-electron chi connectivity index (χ2n) is 5.79. The van der Waals surface area contributed by atoms with Crippen molar-refractivity contribution in [3.05, 3.63) is 58.3 Å². The lowest BCUT2D eigenvalue weighted by molar-refractivity contribution is -0.384. The zero-order chi connectivity index (χ0) is 19.4. The van der Waals surface area contributed by atoms with Gasteiger partial charge in [0, 0.05) is 50.2 Å². The number of halogens is 2. The molecule has 0 aliphatic carbocycles. The number of rotatable bonds is 5. The lowest BCUT2D eigenvalue weighted by atomic mass is 10.2. The minimum absolute atomic E-state index is 0.0215. The first kappa shape index (κ1) is 19.0. The first-order valence-electron chi connectivity index (χ1n) is 8.14. The van der Waals surface area contributed by atoms with Crippen LogP contribution in [-0.4, -0.2) is 52.7 Å². The standard InChI is InChI=1S/C17H16F2N4O3S/c18-17(19)27-15-14(2-1-7-20-15)16(24)22-10-8-21(9-11-22)12-3-5-13(6-4-12)23(25)26/h1-7,17H,8-11H2. The molecule has 10 heteroatoms. The molecule has 1 aromatic carbocycles. The Morgan fingerprint density at radius 2 is 1.81 bits per heavy atom. The molecule has 1 aliphatic rings. The number of non-ortho nitro benzene ring substituents is 1. The third-order valence-corrected chi connectivity index (χ3v) is 4.92. The third-order valence-electron chi connectivity index (χ3n) is 4.19. The van der Waals surface area contributed by atoms with Crippen molar-refractivity contribution in [3.8, 4) is 0 Å². The molecule has 1 aliphatic heterocycles. The molecule has 0 unspecified atom stereocenters. The van der Waals surface area contributed by atoms with Crippen molar-refractivity contribution >= 4 is 29.0 Å². The number of carbonyl (C=O) groups excluding carboxylic acids is 1. The highest BCUT2D eigenvalue weighted by Gasteiger charge is 2.25. The summed E-state index contributed by atoms with van der Waals surface area (Å²) in [7, 11) is 0. The number of benzene rings is 1. The van der Waals surface area contributed by atoms with E-state index in [1.807, 2.05) is 4.90 Å². The van der Waals surface area contributed by atoms with Crippen molar-refractivity contribution in [3.63, 3.8) is 0 Å². The van der Waals surface area contributed by atoms with Gasteiger partial charge in [-0.3, -0.25) is 14.9 Å². The number of hydrogen-bond acceptors (Lipinski definition) is 6. The van der Waals surface area contributed by atoms with Gasteiger partial charge in [0.1, 0.15) is 5.03 Å². The molecule has 0 saturated carbocycles. The highest BCUT2D eigenvalue weighted by Crippen LogP contribution is 2.28. The number of aromatic nitrogens is 1. The maximum absolute atomic E-state index is 12.7. The van der Waals surface area contributed by atoms with Gasteiger partial charge in [-0.15, -0.1) is 0 Å². The fraction of sp³-hybridized carbons (Fsp3) is 0.294. The third kappa shape index (κ3) is 4.51. The van der Waals surface area contributed by atoms with Crippen LogP contribution in [0, 0.1) is 10.1 Å². The highest BCUT2D eigenvalue weighted by atomic mass is 32.2. The van der Waals surface area contributed by atoms with Gasteiger partial charge in [0.05, 0.1) is 10.5 Å². The van der Waals surface area contributed by atoms with E-state index in [1.54, 1.807) is 23.1 Å². The van der Waals surface area contributed by atoms with Crippen LogP contribution in [0.4, 0.5) is 20.2 Å². The molecule has 27 heavy (non-hydrogen) atoms. The number of nitro groups is 1. The van der Waals surface area contributed by atoms with E-state index in [0.29, 0.717) is 26.2 Å². The molecule has 3 rings (SSSR count). The first-order chi connectivity index (χ1) is 13.0. The average molecular weight is 394 g/mol. The molecule has 142 valence electrons. The summed E-state index contributed by atoms with van der Waals surface area (Å²) in [4.78, 5) is 30.5. The van der Waals surface area contributed by atoms with Gasteiger partial charge in [-0.25, -0.2) is 4.98 Å². The molecule has 1 fully saturated rings. The van der Waals surface area contributed by atoms with Crippen molar-refractivity contribution in [2.45, 2.75) is 10.8 Å². The zero-order valence-corrected chi connectivity index (χ0v) is 14.9. The number of carbonyl (C=O) groups is 1. The Labute approximate surface area is 158 Å². The molecule has 0 N–H and O–H groups in total. The summed E-state index contributed by atoms with van der Waals surface area (Å²) >= 11 is 0.261. The maximum Gasteiger partial charge on any atom is 0.290 e. The first-order valence-corrected chi connectivity index (χ1v) is 9.02. The van der Waals surface area contributed by atoms with Gasteiger partial charge < -0.3 is 9.80 Å². The Hall–Kier alpha value is -2.75. The number of piperazine rings is 1. The number of thioether (sulfide) groups is 1. The largest absolute Gasteiger partial charge is 0.368 e. The predicted molar refractivity (Wildman–Crippen MR) is 97.3 cm³/mol. The van der Waals surface area contributed by atoms with E-state index in [0.717, 1.165) is 5.69 Å². The summed E-state index contributed by atoms with van der Waals surface area (Å²) in [6.45, 7) is 1.93. The molecule has 7 nitrogen and oxygen atoms in total. The maximum atomic E-state index is 12.7. The molecule has 0 atom stereocenters. The van der Waals surface area contributed by atoms with Crippen LogP contribution in [0.5, 0.6) is 0 Å².